The first kappa shape index (κ1) is 21.2. The van der Waals surface area contributed by atoms with E-state index in [1.807, 2.05) is 24.3 Å². The van der Waals surface area contributed by atoms with Crippen LogP contribution < -0.4 is 14.4 Å². The smallest absolute Gasteiger partial charge is 0.260 e. The minimum Gasteiger partial charge on any atom is -0.493 e. The molecule has 0 unspecified atom stereocenters. The first-order chi connectivity index (χ1) is 14.5. The van der Waals surface area contributed by atoms with E-state index < -0.39 is 0 Å². The Bertz CT molecular complexity index is 950. The lowest BCUT2D eigenvalue weighted by Crippen LogP contribution is -2.38. The second-order valence-electron chi connectivity index (χ2n) is 7.09. The molecule has 3 rings (SSSR count). The van der Waals surface area contributed by atoms with Crippen LogP contribution in [0.1, 0.15) is 29.3 Å². The molecule has 7 nitrogen and oxygen atoms in total. The minimum atomic E-state index is -0.0906. The van der Waals surface area contributed by atoms with Gasteiger partial charge in [-0.15, -0.1) is 0 Å². The molecule has 0 radical (unpaired) electrons. The number of benzene rings is 2. The molecular formula is C23H25N3O4. The number of ether oxygens (including phenoxy) is 2. The summed E-state index contributed by atoms with van der Waals surface area (Å²) in [5.41, 5.74) is 2.21. The fourth-order valence-corrected chi connectivity index (χ4v) is 3.41. The molecule has 1 amide bonds. The molecule has 30 heavy (non-hydrogen) atoms. The molecule has 1 saturated heterocycles. The Morgan fingerprint density at radius 3 is 2.47 bits per heavy atom. The maximum atomic E-state index is 12.7. The zero-order chi connectivity index (χ0) is 21.5. The SMILES string of the molecule is COc1cc(C(C)=O)ccc1OCC(=O)N1CCCN(c2ccc(C#N)cc2)CC1. The van der Waals surface area contributed by atoms with Crippen LogP contribution in [0.2, 0.25) is 0 Å². The summed E-state index contributed by atoms with van der Waals surface area (Å²) >= 11 is 0. The molecule has 0 N–H and O–H groups in total. The van der Waals surface area contributed by atoms with Crippen molar-refractivity contribution in [2.45, 2.75) is 13.3 Å². The number of ketones is 1. The fraction of sp³-hybridized carbons (Fsp3) is 0.348. The normalized spacial score (nSPS) is 13.9. The summed E-state index contributed by atoms with van der Waals surface area (Å²) < 4.78 is 11.0. The number of carbonyl (C=O) groups excluding carboxylic acids is 2. The average Bonchev–Trinajstić information content (AvgIpc) is 3.03. The second kappa shape index (κ2) is 9.79. The van der Waals surface area contributed by atoms with E-state index in [0.29, 0.717) is 42.3 Å². The van der Waals surface area contributed by atoms with Gasteiger partial charge in [0.05, 0.1) is 18.7 Å². The van der Waals surface area contributed by atoms with Crippen molar-refractivity contribution in [2.75, 3.05) is 44.8 Å². The van der Waals surface area contributed by atoms with Crippen molar-refractivity contribution in [1.29, 1.82) is 5.26 Å². The highest BCUT2D eigenvalue weighted by molar-refractivity contribution is 5.94. The Morgan fingerprint density at radius 2 is 1.80 bits per heavy atom. The lowest BCUT2D eigenvalue weighted by Gasteiger charge is -2.24. The highest BCUT2D eigenvalue weighted by atomic mass is 16.5. The van der Waals surface area contributed by atoms with E-state index in [1.54, 1.807) is 23.1 Å². The first-order valence-electron chi connectivity index (χ1n) is 9.86. The zero-order valence-corrected chi connectivity index (χ0v) is 17.3. The average molecular weight is 407 g/mol. The van der Waals surface area contributed by atoms with Crippen LogP contribution in [0, 0.1) is 11.3 Å². The van der Waals surface area contributed by atoms with Gasteiger partial charge in [0.2, 0.25) is 0 Å². The fourth-order valence-electron chi connectivity index (χ4n) is 3.41. The van der Waals surface area contributed by atoms with Crippen molar-refractivity contribution in [2.24, 2.45) is 0 Å². The number of hydrogen-bond donors (Lipinski definition) is 0. The van der Waals surface area contributed by atoms with E-state index in [4.69, 9.17) is 14.7 Å². The third-order valence-electron chi connectivity index (χ3n) is 5.13. The maximum absolute atomic E-state index is 12.7. The molecule has 1 fully saturated rings. The number of carbonyl (C=O) groups is 2. The van der Waals surface area contributed by atoms with Crippen LogP contribution in [-0.2, 0) is 4.79 Å². The quantitative estimate of drug-likeness (QED) is 0.685. The van der Waals surface area contributed by atoms with Crippen LogP contribution in [-0.4, -0.2) is 56.5 Å². The Labute approximate surface area is 176 Å². The molecule has 1 heterocycles. The van der Waals surface area contributed by atoms with Crippen LogP contribution in [0.5, 0.6) is 11.5 Å². The summed E-state index contributed by atoms with van der Waals surface area (Å²) in [6.45, 7) is 4.22. The maximum Gasteiger partial charge on any atom is 0.260 e. The van der Waals surface area contributed by atoms with Gasteiger partial charge in [0, 0.05) is 37.4 Å². The third kappa shape index (κ3) is 5.09. The molecule has 1 aliphatic rings. The summed E-state index contributed by atoms with van der Waals surface area (Å²) in [5, 5.41) is 8.94. The topological polar surface area (TPSA) is 82.9 Å². The summed E-state index contributed by atoms with van der Waals surface area (Å²) in [4.78, 5) is 28.2. The van der Waals surface area contributed by atoms with Gasteiger partial charge >= 0.3 is 0 Å². The van der Waals surface area contributed by atoms with E-state index in [2.05, 4.69) is 11.0 Å². The Hall–Kier alpha value is -3.53. The van der Waals surface area contributed by atoms with Gasteiger partial charge in [-0.05, 0) is 55.8 Å². The highest BCUT2D eigenvalue weighted by Crippen LogP contribution is 2.28. The van der Waals surface area contributed by atoms with Crippen LogP contribution in [0.25, 0.3) is 0 Å². The lowest BCUT2D eigenvalue weighted by atomic mass is 10.1. The number of amides is 1. The van der Waals surface area contributed by atoms with Crippen molar-refractivity contribution in [3.63, 3.8) is 0 Å². The number of rotatable bonds is 6. The van der Waals surface area contributed by atoms with Gasteiger partial charge in [-0.1, -0.05) is 0 Å². The molecule has 0 aromatic heterocycles. The van der Waals surface area contributed by atoms with Gasteiger partial charge < -0.3 is 19.3 Å². The third-order valence-corrected chi connectivity index (χ3v) is 5.13. The number of nitriles is 1. The summed E-state index contributed by atoms with van der Waals surface area (Å²) in [7, 11) is 1.50. The molecule has 7 heteroatoms. The van der Waals surface area contributed by atoms with Gasteiger partial charge in [-0.3, -0.25) is 9.59 Å². The molecule has 0 aliphatic carbocycles. The van der Waals surface area contributed by atoms with Gasteiger partial charge in [-0.25, -0.2) is 0 Å². The lowest BCUT2D eigenvalue weighted by molar-refractivity contribution is -0.133. The van der Waals surface area contributed by atoms with Crippen molar-refractivity contribution >= 4 is 17.4 Å². The molecule has 0 atom stereocenters. The largest absolute Gasteiger partial charge is 0.493 e. The molecule has 2 aromatic carbocycles. The van der Waals surface area contributed by atoms with Crippen LogP contribution in [0.3, 0.4) is 0 Å². The number of anilines is 1. The molecule has 2 aromatic rings. The van der Waals surface area contributed by atoms with Gasteiger partial charge in [0.1, 0.15) is 0 Å². The monoisotopic (exact) mass is 407 g/mol. The van der Waals surface area contributed by atoms with E-state index in [9.17, 15) is 9.59 Å². The minimum absolute atomic E-state index is 0.0627. The number of methoxy groups -OCH3 is 1. The van der Waals surface area contributed by atoms with Crippen LogP contribution >= 0.6 is 0 Å². The summed E-state index contributed by atoms with van der Waals surface area (Å²) in [5.74, 6) is 0.713. The van der Waals surface area contributed by atoms with Crippen LogP contribution in [0.15, 0.2) is 42.5 Å². The second-order valence-corrected chi connectivity index (χ2v) is 7.09. The zero-order valence-electron chi connectivity index (χ0n) is 17.3. The predicted molar refractivity (Wildman–Crippen MR) is 113 cm³/mol. The van der Waals surface area contributed by atoms with Crippen molar-refractivity contribution in [1.82, 2.24) is 4.90 Å². The van der Waals surface area contributed by atoms with E-state index in [1.165, 1.54) is 14.0 Å². The predicted octanol–water partition coefficient (Wildman–Crippen LogP) is 2.89. The highest BCUT2D eigenvalue weighted by Gasteiger charge is 2.20. The Morgan fingerprint density at radius 1 is 1.03 bits per heavy atom. The van der Waals surface area contributed by atoms with E-state index in [0.717, 1.165) is 18.7 Å². The van der Waals surface area contributed by atoms with E-state index in [-0.39, 0.29) is 18.3 Å². The van der Waals surface area contributed by atoms with Gasteiger partial charge in [0.25, 0.3) is 5.91 Å². The molecule has 0 spiro atoms. The standard InChI is InChI=1S/C23H25N3O4/c1-17(27)19-6-9-21(22(14-19)29-2)30-16-23(28)26-11-3-10-25(12-13-26)20-7-4-18(15-24)5-8-20/h4-9,14H,3,10-13,16H2,1-2H3. The Balaban J connectivity index is 1.57. The number of Topliss-reactive ketones (excluding diaryl/α,β-unsaturated/α-hetero) is 1. The molecule has 0 bridgehead atoms. The van der Waals surface area contributed by atoms with Crippen molar-refractivity contribution in [3.05, 3.63) is 53.6 Å². The summed E-state index contributed by atoms with van der Waals surface area (Å²) in [6.07, 6.45) is 0.850. The molecule has 1 aliphatic heterocycles. The molecular weight excluding hydrogens is 382 g/mol. The van der Waals surface area contributed by atoms with Crippen molar-refractivity contribution in [3.8, 4) is 17.6 Å². The Kier molecular flexibility index (Phi) is 6.91. The molecule has 156 valence electrons. The number of nitrogens with zero attached hydrogens (tertiary/aromatic N) is 3. The van der Waals surface area contributed by atoms with Crippen LogP contribution in [0.4, 0.5) is 5.69 Å². The summed E-state index contributed by atoms with van der Waals surface area (Å²) in [6, 6.07) is 14.5. The van der Waals surface area contributed by atoms with Crippen molar-refractivity contribution < 1.29 is 19.1 Å². The van der Waals surface area contributed by atoms with Gasteiger partial charge in [0.15, 0.2) is 23.9 Å². The first-order valence-corrected chi connectivity index (χ1v) is 9.86. The van der Waals surface area contributed by atoms with Gasteiger partial charge in [-0.2, -0.15) is 5.26 Å². The molecule has 0 saturated carbocycles. The van der Waals surface area contributed by atoms with E-state index >= 15 is 0 Å². The number of hydrogen-bond acceptors (Lipinski definition) is 6.